The van der Waals surface area contributed by atoms with Crippen LogP contribution in [0, 0.1) is 11.3 Å². The highest BCUT2D eigenvalue weighted by atomic mass is 16.5. The minimum atomic E-state index is -0.375. The first-order chi connectivity index (χ1) is 8.03. The van der Waals surface area contributed by atoms with Crippen LogP contribution in [-0.4, -0.2) is 26.2 Å². The number of methoxy groups -OCH3 is 2. The third-order valence-electron chi connectivity index (χ3n) is 3.92. The van der Waals surface area contributed by atoms with Gasteiger partial charge in [0.1, 0.15) is 0 Å². The van der Waals surface area contributed by atoms with Crippen molar-refractivity contribution in [3.63, 3.8) is 0 Å². The fraction of sp³-hybridized carbons (Fsp3) is 0.846. The molecule has 0 amide bonds. The second kappa shape index (κ2) is 6.03. The summed E-state index contributed by atoms with van der Waals surface area (Å²) in [4.78, 5) is 23.2. The van der Waals surface area contributed by atoms with E-state index in [-0.39, 0.29) is 29.7 Å². The van der Waals surface area contributed by atoms with Gasteiger partial charge in [0.2, 0.25) is 0 Å². The van der Waals surface area contributed by atoms with Gasteiger partial charge < -0.3 is 9.47 Å². The highest BCUT2D eigenvalue weighted by Crippen LogP contribution is 2.44. The molecule has 0 radical (unpaired) electrons. The van der Waals surface area contributed by atoms with Crippen LogP contribution in [0.1, 0.15) is 45.4 Å². The van der Waals surface area contributed by atoms with Gasteiger partial charge in [-0.2, -0.15) is 0 Å². The molecule has 0 aromatic rings. The van der Waals surface area contributed by atoms with Crippen molar-refractivity contribution in [3.05, 3.63) is 0 Å². The van der Waals surface area contributed by atoms with Crippen molar-refractivity contribution in [2.24, 2.45) is 11.3 Å². The van der Waals surface area contributed by atoms with Gasteiger partial charge in [0.25, 0.3) is 0 Å². The second-order valence-corrected chi connectivity index (χ2v) is 5.07. The number of carbonyl (C=O) groups is 2. The van der Waals surface area contributed by atoms with Crippen molar-refractivity contribution in [3.8, 4) is 0 Å². The third kappa shape index (κ3) is 3.45. The minimum absolute atomic E-state index is 0.125. The number of hydrogen-bond donors (Lipinski definition) is 0. The molecule has 4 nitrogen and oxygen atoms in total. The summed E-state index contributed by atoms with van der Waals surface area (Å²) in [6, 6.07) is 0. The topological polar surface area (TPSA) is 52.6 Å². The Balaban J connectivity index is 2.80. The summed E-state index contributed by atoms with van der Waals surface area (Å²) in [6.45, 7) is 2.08. The van der Waals surface area contributed by atoms with Gasteiger partial charge in [-0.15, -0.1) is 0 Å². The van der Waals surface area contributed by atoms with Crippen LogP contribution in [0.4, 0.5) is 0 Å². The van der Waals surface area contributed by atoms with E-state index in [1.54, 1.807) is 0 Å². The molecule has 1 fully saturated rings. The summed E-state index contributed by atoms with van der Waals surface area (Å²) in [5, 5.41) is 0. The van der Waals surface area contributed by atoms with E-state index in [0.717, 1.165) is 25.7 Å². The summed E-state index contributed by atoms with van der Waals surface area (Å²) < 4.78 is 9.49. The molecule has 0 heterocycles. The summed E-state index contributed by atoms with van der Waals surface area (Å²) in [6.07, 6.45) is 5.52. The van der Waals surface area contributed by atoms with E-state index >= 15 is 0 Å². The van der Waals surface area contributed by atoms with Crippen LogP contribution < -0.4 is 0 Å². The Kier molecular flexibility index (Phi) is 4.97. The lowest BCUT2D eigenvalue weighted by Crippen LogP contribution is -2.37. The molecule has 0 aromatic carbocycles. The average molecular weight is 242 g/mol. The fourth-order valence-electron chi connectivity index (χ4n) is 2.71. The lowest BCUT2D eigenvalue weighted by Gasteiger charge is -2.38. The normalized spacial score (nSPS) is 20.4. The molecular formula is C13H22O4. The van der Waals surface area contributed by atoms with E-state index in [0.29, 0.717) is 0 Å². The van der Waals surface area contributed by atoms with Crippen molar-refractivity contribution in [2.45, 2.75) is 45.4 Å². The molecule has 0 aromatic heterocycles. The molecule has 17 heavy (non-hydrogen) atoms. The zero-order chi connectivity index (χ0) is 12.9. The quantitative estimate of drug-likeness (QED) is 0.710. The summed E-state index contributed by atoms with van der Waals surface area (Å²) >= 11 is 0. The molecule has 1 aliphatic carbocycles. The first-order valence-electron chi connectivity index (χ1n) is 6.18. The highest BCUT2D eigenvalue weighted by Gasteiger charge is 2.41. The molecule has 1 unspecified atom stereocenters. The standard InChI is InChI=1S/C13H22O4/c1-13(7-5-4-6-8-13)10(12(15)17-3)9-11(14)16-2/h10H,4-9H2,1-3H3. The number of esters is 2. The Morgan fingerprint density at radius 2 is 1.71 bits per heavy atom. The lowest BCUT2D eigenvalue weighted by molar-refractivity contribution is -0.157. The molecule has 0 bridgehead atoms. The largest absolute Gasteiger partial charge is 0.469 e. The van der Waals surface area contributed by atoms with Crippen LogP contribution in [0.2, 0.25) is 0 Å². The maximum absolute atomic E-state index is 11.8. The van der Waals surface area contributed by atoms with Crippen LogP contribution in [-0.2, 0) is 19.1 Å². The molecule has 4 heteroatoms. The van der Waals surface area contributed by atoms with Gasteiger partial charge in [-0.25, -0.2) is 0 Å². The first kappa shape index (κ1) is 14.0. The van der Waals surface area contributed by atoms with Crippen molar-refractivity contribution in [2.75, 3.05) is 14.2 Å². The molecule has 0 aliphatic heterocycles. The SMILES string of the molecule is COC(=O)CC(C(=O)OC)C1(C)CCCCC1. The molecule has 0 N–H and O–H groups in total. The Morgan fingerprint density at radius 3 is 2.18 bits per heavy atom. The van der Waals surface area contributed by atoms with Crippen LogP contribution >= 0.6 is 0 Å². The Morgan fingerprint density at radius 1 is 1.12 bits per heavy atom. The van der Waals surface area contributed by atoms with E-state index in [2.05, 4.69) is 11.7 Å². The van der Waals surface area contributed by atoms with Crippen LogP contribution in [0.3, 0.4) is 0 Å². The monoisotopic (exact) mass is 242 g/mol. The Labute approximate surface area is 103 Å². The van der Waals surface area contributed by atoms with Crippen molar-refractivity contribution >= 4 is 11.9 Å². The number of hydrogen-bond acceptors (Lipinski definition) is 4. The van der Waals surface area contributed by atoms with Gasteiger partial charge in [-0.1, -0.05) is 26.2 Å². The van der Waals surface area contributed by atoms with Gasteiger partial charge in [0, 0.05) is 0 Å². The molecule has 1 rings (SSSR count). The first-order valence-corrected chi connectivity index (χ1v) is 6.18. The highest BCUT2D eigenvalue weighted by molar-refractivity contribution is 5.80. The van der Waals surface area contributed by atoms with E-state index in [1.165, 1.54) is 20.6 Å². The summed E-state index contributed by atoms with van der Waals surface area (Å²) in [7, 11) is 2.72. The van der Waals surface area contributed by atoms with Crippen molar-refractivity contribution in [1.82, 2.24) is 0 Å². The van der Waals surface area contributed by atoms with Crippen LogP contribution in [0.5, 0.6) is 0 Å². The van der Waals surface area contributed by atoms with E-state index in [9.17, 15) is 9.59 Å². The van der Waals surface area contributed by atoms with Crippen LogP contribution in [0.15, 0.2) is 0 Å². The molecular weight excluding hydrogens is 220 g/mol. The maximum atomic E-state index is 11.8. The predicted molar refractivity (Wildman–Crippen MR) is 63.3 cm³/mol. The van der Waals surface area contributed by atoms with Gasteiger partial charge in [-0.05, 0) is 18.3 Å². The second-order valence-electron chi connectivity index (χ2n) is 5.07. The van der Waals surface area contributed by atoms with E-state index in [4.69, 9.17) is 4.74 Å². The van der Waals surface area contributed by atoms with Crippen molar-refractivity contribution in [1.29, 1.82) is 0 Å². The summed E-state index contributed by atoms with van der Waals surface area (Å²) in [5.74, 6) is -1.01. The zero-order valence-corrected chi connectivity index (χ0v) is 11.0. The van der Waals surface area contributed by atoms with Gasteiger partial charge >= 0.3 is 11.9 Å². The van der Waals surface area contributed by atoms with E-state index in [1.807, 2.05) is 0 Å². The number of rotatable bonds is 4. The van der Waals surface area contributed by atoms with E-state index < -0.39 is 0 Å². The Bertz CT molecular complexity index is 279. The van der Waals surface area contributed by atoms with Gasteiger partial charge in [0.05, 0.1) is 26.6 Å². The maximum Gasteiger partial charge on any atom is 0.309 e. The van der Waals surface area contributed by atoms with Crippen molar-refractivity contribution < 1.29 is 19.1 Å². The van der Waals surface area contributed by atoms with Gasteiger partial charge in [-0.3, -0.25) is 9.59 Å². The predicted octanol–water partition coefficient (Wildman–Crippen LogP) is 2.31. The summed E-state index contributed by atoms with van der Waals surface area (Å²) in [5.41, 5.74) is -0.125. The fourth-order valence-corrected chi connectivity index (χ4v) is 2.71. The molecule has 0 saturated heterocycles. The smallest absolute Gasteiger partial charge is 0.309 e. The minimum Gasteiger partial charge on any atom is -0.469 e. The molecule has 0 spiro atoms. The molecule has 98 valence electrons. The molecule has 1 aliphatic rings. The van der Waals surface area contributed by atoms with Gasteiger partial charge in [0.15, 0.2) is 0 Å². The average Bonchev–Trinajstić information content (AvgIpc) is 2.35. The number of carbonyl (C=O) groups excluding carboxylic acids is 2. The van der Waals surface area contributed by atoms with Crippen LogP contribution in [0.25, 0.3) is 0 Å². The lowest BCUT2D eigenvalue weighted by atomic mass is 9.66. The zero-order valence-electron chi connectivity index (χ0n) is 11.0. The third-order valence-corrected chi connectivity index (χ3v) is 3.92. The molecule has 1 atom stereocenters. The molecule has 1 saturated carbocycles. The number of ether oxygens (including phenoxy) is 2. The Hall–Kier alpha value is -1.06.